The summed E-state index contributed by atoms with van der Waals surface area (Å²) in [5, 5.41) is 0. The molecule has 0 amide bonds. The monoisotopic (exact) mass is 390 g/mol. The molecule has 2 rings (SSSR count). The van der Waals surface area contributed by atoms with Crippen LogP contribution in [0, 0.1) is 5.92 Å². The number of nitrogens with two attached hydrogens (primary N) is 1. The molecule has 0 saturated heterocycles. The van der Waals surface area contributed by atoms with E-state index in [1.54, 1.807) is 12.4 Å². The fourth-order valence-corrected chi connectivity index (χ4v) is 10.5. The highest BCUT2D eigenvalue weighted by atomic mass is 28.4. The molecule has 0 spiro atoms. The number of anilines is 1. The summed E-state index contributed by atoms with van der Waals surface area (Å²) < 4.78 is 13.5. The molecule has 0 radical (unpaired) electrons. The van der Waals surface area contributed by atoms with E-state index in [-0.39, 0.29) is 18.1 Å². The summed E-state index contributed by atoms with van der Waals surface area (Å²) in [5.74, 6) is 1.13. The predicted octanol–water partition coefficient (Wildman–Crippen LogP) is 6.01. The van der Waals surface area contributed by atoms with Gasteiger partial charge in [0.25, 0.3) is 0 Å². The average molecular weight is 391 g/mol. The first-order valence-corrected chi connectivity index (χ1v) is 12.5. The Morgan fingerprint density at radius 2 is 1.74 bits per heavy atom. The van der Waals surface area contributed by atoms with Crippen LogP contribution in [0.4, 0.5) is 5.69 Å². The van der Waals surface area contributed by atoms with Gasteiger partial charge in [0.1, 0.15) is 11.9 Å². The molecule has 4 nitrogen and oxygen atoms in total. The van der Waals surface area contributed by atoms with Crippen LogP contribution in [0.15, 0.2) is 24.5 Å². The van der Waals surface area contributed by atoms with Crippen molar-refractivity contribution < 1.29 is 9.16 Å². The molecule has 3 atom stereocenters. The van der Waals surface area contributed by atoms with Crippen LogP contribution in [-0.2, 0) is 9.16 Å². The lowest BCUT2D eigenvalue weighted by Gasteiger charge is -2.48. The van der Waals surface area contributed by atoms with Gasteiger partial charge in [-0.15, -0.1) is 0 Å². The van der Waals surface area contributed by atoms with Crippen molar-refractivity contribution in [3.05, 3.63) is 30.1 Å². The molecule has 0 aromatic carbocycles. The molecule has 1 aromatic rings. The van der Waals surface area contributed by atoms with Crippen molar-refractivity contribution in [3.8, 4) is 0 Å². The van der Waals surface area contributed by atoms with E-state index >= 15 is 0 Å². The summed E-state index contributed by atoms with van der Waals surface area (Å²) in [6, 6.07) is 1.93. The van der Waals surface area contributed by atoms with E-state index in [9.17, 15) is 0 Å². The van der Waals surface area contributed by atoms with Crippen LogP contribution < -0.4 is 5.73 Å². The largest absolute Gasteiger partial charge is 0.487 e. The third kappa shape index (κ3) is 4.24. The fraction of sp³-hybridized carbons (Fsp3) is 0.682. The highest BCUT2D eigenvalue weighted by Gasteiger charge is 2.49. The smallest absolute Gasteiger partial charge is 0.200 e. The highest BCUT2D eigenvalue weighted by molar-refractivity contribution is 6.77. The van der Waals surface area contributed by atoms with Crippen LogP contribution in [0.2, 0.25) is 16.6 Å². The Hall–Kier alpha value is -1.33. The van der Waals surface area contributed by atoms with Gasteiger partial charge >= 0.3 is 0 Å². The van der Waals surface area contributed by atoms with E-state index in [0.29, 0.717) is 22.3 Å². The van der Waals surface area contributed by atoms with Gasteiger partial charge in [-0.2, -0.15) is 0 Å². The molecular formula is C22H38N2O2Si. The predicted molar refractivity (Wildman–Crippen MR) is 117 cm³/mol. The highest BCUT2D eigenvalue weighted by Crippen LogP contribution is 2.45. The summed E-state index contributed by atoms with van der Waals surface area (Å²) in [7, 11) is -1.97. The average Bonchev–Trinajstić information content (AvgIpc) is 2.59. The van der Waals surface area contributed by atoms with Gasteiger partial charge in [-0.3, -0.25) is 4.98 Å². The minimum Gasteiger partial charge on any atom is -0.487 e. The zero-order valence-electron chi connectivity index (χ0n) is 18.3. The van der Waals surface area contributed by atoms with E-state index < -0.39 is 8.32 Å². The normalized spacial score (nSPS) is 23.7. The quantitative estimate of drug-likeness (QED) is 0.579. The van der Waals surface area contributed by atoms with Gasteiger partial charge in [-0.25, -0.2) is 0 Å². The first kappa shape index (κ1) is 22.0. The molecule has 5 heteroatoms. The summed E-state index contributed by atoms with van der Waals surface area (Å²) in [6.07, 6.45) is 6.66. The third-order valence-corrected chi connectivity index (χ3v) is 12.2. The van der Waals surface area contributed by atoms with E-state index in [4.69, 9.17) is 14.9 Å². The Morgan fingerprint density at radius 3 is 2.22 bits per heavy atom. The molecule has 1 aliphatic heterocycles. The lowest BCUT2D eigenvalue weighted by molar-refractivity contribution is -0.00942. The number of aromatic nitrogens is 1. The molecule has 27 heavy (non-hydrogen) atoms. The van der Waals surface area contributed by atoms with Gasteiger partial charge < -0.3 is 14.9 Å². The van der Waals surface area contributed by atoms with Crippen LogP contribution >= 0.6 is 0 Å². The molecule has 2 N–H and O–H groups in total. The van der Waals surface area contributed by atoms with Gasteiger partial charge in [-0.05, 0) is 35.2 Å². The Morgan fingerprint density at radius 1 is 1.15 bits per heavy atom. The standard InChI is InChI=1S/C22H38N2O2Si/c1-9-20-22(26-27(14(2)3,15(4)5)16(6)7)17(8)12-21(25-20)18-10-11-24-13-19(18)23/h10-17,20,22H,9,23H2,1-8H3/t17-,20-,22+/m1/s1. The Bertz CT molecular complexity index is 636. The summed E-state index contributed by atoms with van der Waals surface area (Å²) >= 11 is 0. The van der Waals surface area contributed by atoms with Crippen LogP contribution in [0.5, 0.6) is 0 Å². The van der Waals surface area contributed by atoms with Crippen molar-refractivity contribution >= 4 is 19.8 Å². The number of hydrogen-bond acceptors (Lipinski definition) is 4. The van der Waals surface area contributed by atoms with E-state index in [0.717, 1.165) is 17.7 Å². The molecule has 1 aliphatic rings. The first-order chi connectivity index (χ1) is 12.6. The van der Waals surface area contributed by atoms with Gasteiger partial charge in [0.2, 0.25) is 8.32 Å². The van der Waals surface area contributed by atoms with Crippen molar-refractivity contribution in [1.82, 2.24) is 4.98 Å². The Balaban J connectivity index is 2.39. The van der Waals surface area contributed by atoms with Gasteiger partial charge in [0, 0.05) is 17.7 Å². The zero-order chi connectivity index (χ0) is 20.4. The SMILES string of the molecule is CC[C@H]1OC(c2ccncc2N)=C[C@@H](C)[C@@H]1O[Si](C(C)C)(C(C)C)C(C)C. The number of nitrogen functional groups attached to an aromatic ring is 1. The number of rotatable bonds is 7. The summed E-state index contributed by atoms with van der Waals surface area (Å²) in [6.45, 7) is 18.4. The lowest BCUT2D eigenvalue weighted by Crippen LogP contribution is -2.54. The zero-order valence-corrected chi connectivity index (χ0v) is 19.3. The van der Waals surface area contributed by atoms with Crippen LogP contribution in [-0.4, -0.2) is 25.5 Å². The van der Waals surface area contributed by atoms with Crippen molar-refractivity contribution in [2.45, 2.75) is 90.6 Å². The summed E-state index contributed by atoms with van der Waals surface area (Å²) in [5.41, 5.74) is 9.39. The topological polar surface area (TPSA) is 57.4 Å². The number of ether oxygens (including phenoxy) is 1. The minimum atomic E-state index is -1.97. The number of pyridine rings is 1. The van der Waals surface area contributed by atoms with Gasteiger partial charge in [-0.1, -0.05) is 55.4 Å². The molecule has 2 heterocycles. The molecule has 0 saturated carbocycles. The molecule has 0 aliphatic carbocycles. The van der Waals surface area contributed by atoms with Crippen molar-refractivity contribution in [3.63, 3.8) is 0 Å². The van der Waals surface area contributed by atoms with Crippen LogP contribution in [0.25, 0.3) is 5.76 Å². The number of hydrogen-bond donors (Lipinski definition) is 1. The molecule has 152 valence electrons. The van der Waals surface area contributed by atoms with E-state index in [1.807, 2.05) is 6.07 Å². The van der Waals surface area contributed by atoms with Gasteiger partial charge in [0.15, 0.2) is 0 Å². The second-order valence-corrected chi connectivity index (χ2v) is 14.2. The fourth-order valence-electron chi connectivity index (χ4n) is 4.87. The molecule has 1 aromatic heterocycles. The molecule has 0 fully saturated rings. The Labute approximate surface area is 166 Å². The van der Waals surface area contributed by atoms with Crippen molar-refractivity contribution in [1.29, 1.82) is 0 Å². The van der Waals surface area contributed by atoms with Crippen LogP contribution in [0.3, 0.4) is 0 Å². The van der Waals surface area contributed by atoms with E-state index in [1.165, 1.54) is 0 Å². The Kier molecular flexibility index (Phi) is 7.14. The number of nitrogens with zero attached hydrogens (tertiary/aromatic N) is 1. The lowest BCUT2D eigenvalue weighted by atomic mass is 9.93. The van der Waals surface area contributed by atoms with Gasteiger partial charge in [0.05, 0.1) is 18.0 Å². The second-order valence-electron chi connectivity index (χ2n) is 8.82. The maximum atomic E-state index is 7.12. The van der Waals surface area contributed by atoms with Crippen molar-refractivity contribution in [2.75, 3.05) is 5.73 Å². The van der Waals surface area contributed by atoms with E-state index in [2.05, 4.69) is 66.4 Å². The second kappa shape index (κ2) is 8.78. The molecule has 0 unspecified atom stereocenters. The first-order valence-electron chi connectivity index (χ1n) is 10.4. The van der Waals surface area contributed by atoms with Crippen LogP contribution in [0.1, 0.15) is 67.4 Å². The van der Waals surface area contributed by atoms with Crippen molar-refractivity contribution in [2.24, 2.45) is 5.92 Å². The molecule has 0 bridgehead atoms. The molecular weight excluding hydrogens is 352 g/mol. The third-order valence-electron chi connectivity index (χ3n) is 6.14. The summed E-state index contributed by atoms with van der Waals surface area (Å²) in [4.78, 5) is 4.09. The maximum absolute atomic E-state index is 7.12. The maximum Gasteiger partial charge on any atom is 0.200 e. The minimum absolute atomic E-state index is 0.0377.